The third kappa shape index (κ3) is 10.9. The Kier molecular flexibility index (Phi) is 11.5. The van der Waals surface area contributed by atoms with Crippen LogP contribution < -0.4 is 0 Å². The van der Waals surface area contributed by atoms with E-state index in [1.165, 1.54) is 12.8 Å². The molecule has 0 aliphatic heterocycles. The minimum absolute atomic E-state index is 0. The summed E-state index contributed by atoms with van der Waals surface area (Å²) in [5.74, 6) is 0. The summed E-state index contributed by atoms with van der Waals surface area (Å²) in [6.45, 7) is 4.61. The normalized spacial score (nSPS) is 15.1. The maximum atomic E-state index is 11.5. The first kappa shape index (κ1) is 19.4. The molecular formula is C11H28NO4P. The minimum atomic E-state index is -2.32. The van der Waals surface area contributed by atoms with Gasteiger partial charge in [-0.25, -0.2) is 0 Å². The van der Waals surface area contributed by atoms with E-state index in [9.17, 15) is 4.57 Å². The molecule has 0 fully saturated rings. The Morgan fingerprint density at radius 3 is 2.24 bits per heavy atom. The van der Waals surface area contributed by atoms with E-state index >= 15 is 0 Å². The Labute approximate surface area is 106 Å². The molecule has 0 aliphatic rings. The molecule has 0 aromatic heterocycles. The van der Waals surface area contributed by atoms with Gasteiger partial charge in [0.2, 0.25) is 0 Å². The van der Waals surface area contributed by atoms with Crippen LogP contribution in [0, 0.1) is 0 Å². The predicted molar refractivity (Wildman–Crippen MR) is 69.6 cm³/mol. The number of hydrogen-bond acceptors (Lipinski definition) is 4. The van der Waals surface area contributed by atoms with Crippen molar-refractivity contribution in [2.24, 2.45) is 0 Å². The first-order valence-corrected chi connectivity index (χ1v) is 7.25. The van der Waals surface area contributed by atoms with Crippen LogP contribution in [0.4, 0.5) is 0 Å². The van der Waals surface area contributed by atoms with Gasteiger partial charge in [0.05, 0.1) is 27.7 Å². The zero-order valence-electron chi connectivity index (χ0n) is 11.7. The highest BCUT2D eigenvalue weighted by Crippen LogP contribution is 2.28. The van der Waals surface area contributed by atoms with Gasteiger partial charge in [-0.15, -0.1) is 0 Å². The van der Waals surface area contributed by atoms with Crippen LogP contribution in [-0.2, 0) is 13.6 Å². The van der Waals surface area contributed by atoms with Gasteiger partial charge in [-0.05, 0) is 6.42 Å². The van der Waals surface area contributed by atoms with E-state index in [0.29, 0.717) is 11.1 Å². The van der Waals surface area contributed by atoms with E-state index in [1.807, 2.05) is 28.1 Å². The summed E-state index contributed by atoms with van der Waals surface area (Å²) in [4.78, 5) is 0. The van der Waals surface area contributed by atoms with Crippen molar-refractivity contribution < 1.29 is 23.6 Å². The lowest BCUT2D eigenvalue weighted by Crippen LogP contribution is -2.43. The third-order valence-corrected chi connectivity index (χ3v) is 3.55. The molecule has 0 saturated heterocycles. The fourth-order valence-corrected chi connectivity index (χ4v) is 1.99. The van der Waals surface area contributed by atoms with Crippen LogP contribution in [0.3, 0.4) is 0 Å². The monoisotopic (exact) mass is 269 g/mol. The quantitative estimate of drug-likeness (QED) is 0.279. The maximum Gasteiger partial charge on any atom is 0.323 e. The van der Waals surface area contributed by atoms with Gasteiger partial charge >= 0.3 is 8.25 Å². The molecule has 0 saturated carbocycles. The molecule has 106 valence electrons. The summed E-state index contributed by atoms with van der Waals surface area (Å²) in [6.07, 6.45) is 4.40. The molecule has 2 unspecified atom stereocenters. The zero-order valence-corrected chi connectivity index (χ0v) is 12.7. The van der Waals surface area contributed by atoms with Crippen molar-refractivity contribution in [1.82, 2.24) is 0 Å². The molecule has 6 heteroatoms. The van der Waals surface area contributed by atoms with E-state index in [0.717, 1.165) is 12.8 Å². The van der Waals surface area contributed by atoms with E-state index in [-0.39, 0.29) is 11.7 Å². The molecule has 0 aliphatic carbocycles. The molecule has 0 radical (unpaired) electrons. The zero-order chi connectivity index (χ0) is 12.6. The smallest absolute Gasteiger partial charge is 0.323 e. The van der Waals surface area contributed by atoms with Gasteiger partial charge < -0.3 is 14.5 Å². The van der Waals surface area contributed by atoms with Crippen molar-refractivity contribution in [3.8, 4) is 0 Å². The highest BCUT2D eigenvalue weighted by molar-refractivity contribution is 7.33. The second kappa shape index (κ2) is 10.0. The molecule has 17 heavy (non-hydrogen) atoms. The minimum Gasteiger partial charge on any atom is -0.870 e. The van der Waals surface area contributed by atoms with Crippen molar-refractivity contribution in [2.45, 2.75) is 45.8 Å². The first-order valence-electron chi connectivity index (χ1n) is 6.02. The Balaban J connectivity index is 0. The fourth-order valence-electron chi connectivity index (χ4n) is 1.02. The van der Waals surface area contributed by atoms with E-state index in [1.54, 1.807) is 0 Å². The van der Waals surface area contributed by atoms with Crippen LogP contribution >= 0.6 is 8.25 Å². The molecule has 2 atom stereocenters. The van der Waals surface area contributed by atoms with Gasteiger partial charge in [-0.1, -0.05) is 26.2 Å². The lowest BCUT2D eigenvalue weighted by molar-refractivity contribution is -0.913. The van der Waals surface area contributed by atoms with Crippen molar-refractivity contribution >= 4 is 8.25 Å². The van der Waals surface area contributed by atoms with Crippen LogP contribution in [0.1, 0.15) is 39.5 Å². The summed E-state index contributed by atoms with van der Waals surface area (Å²) in [6, 6.07) is 0. The summed E-state index contributed by atoms with van der Waals surface area (Å²) in [7, 11) is 3.68. The third-order valence-electron chi connectivity index (χ3n) is 2.58. The fraction of sp³-hybridized carbons (Fsp3) is 1.00. The first-order chi connectivity index (χ1) is 7.38. The van der Waals surface area contributed by atoms with Crippen molar-refractivity contribution in [1.29, 1.82) is 0 Å². The van der Waals surface area contributed by atoms with Gasteiger partial charge in [-0.2, -0.15) is 0 Å². The highest BCUT2D eigenvalue weighted by atomic mass is 31.1. The summed E-state index contributed by atoms with van der Waals surface area (Å²) < 4.78 is 22.6. The Morgan fingerprint density at radius 2 is 1.76 bits per heavy atom. The van der Waals surface area contributed by atoms with Gasteiger partial charge in [0.1, 0.15) is 0 Å². The lowest BCUT2D eigenvalue weighted by Gasteiger charge is -2.30. The average Bonchev–Trinajstić information content (AvgIpc) is 2.16. The Morgan fingerprint density at radius 1 is 1.18 bits per heavy atom. The number of hydrogen-bond donors (Lipinski definition) is 0. The largest absolute Gasteiger partial charge is 0.870 e. The van der Waals surface area contributed by atoms with Crippen LogP contribution in [0.5, 0.6) is 0 Å². The van der Waals surface area contributed by atoms with Crippen molar-refractivity contribution in [2.75, 3.05) is 27.7 Å². The molecule has 0 aromatic rings. The van der Waals surface area contributed by atoms with Gasteiger partial charge in [0.25, 0.3) is 0 Å². The van der Waals surface area contributed by atoms with Crippen molar-refractivity contribution in [3.63, 3.8) is 0 Å². The van der Waals surface area contributed by atoms with Crippen LogP contribution in [0.2, 0.25) is 0 Å². The standard InChI is InChI=1S/C11H27NO3P.H2O/c1-6-7-8-9-10-14-16(13)15-11(2)12(3,4)5;/h11,16H,6-10H2,1-5H3;1H2/q+1;/p-1. The molecule has 0 spiro atoms. The molecule has 0 amide bonds. The van der Waals surface area contributed by atoms with Crippen LogP contribution in [0.15, 0.2) is 0 Å². The molecule has 5 nitrogen and oxygen atoms in total. The number of nitrogens with zero attached hydrogens (tertiary/aromatic N) is 1. The van der Waals surface area contributed by atoms with E-state index < -0.39 is 8.25 Å². The van der Waals surface area contributed by atoms with Gasteiger partial charge in [0, 0.05) is 6.92 Å². The molecular weight excluding hydrogens is 241 g/mol. The SMILES string of the molecule is CCCCCCO[PH](=O)OC(C)[N+](C)(C)C.[OH-]. The molecule has 0 bridgehead atoms. The second-order valence-electron chi connectivity index (χ2n) is 4.99. The topological polar surface area (TPSA) is 65.5 Å². The Hall–Kier alpha value is 0.0700. The van der Waals surface area contributed by atoms with Gasteiger partial charge in [0.15, 0.2) is 6.23 Å². The van der Waals surface area contributed by atoms with E-state index in [2.05, 4.69) is 6.92 Å². The van der Waals surface area contributed by atoms with Crippen LogP contribution in [0.25, 0.3) is 0 Å². The average molecular weight is 269 g/mol. The maximum absolute atomic E-state index is 11.5. The molecule has 0 aromatic carbocycles. The van der Waals surface area contributed by atoms with Gasteiger partial charge in [-0.3, -0.25) is 9.09 Å². The van der Waals surface area contributed by atoms with Crippen LogP contribution in [-0.4, -0.2) is 43.9 Å². The molecule has 0 heterocycles. The molecule has 1 N–H and O–H groups in total. The molecule has 0 rings (SSSR count). The summed E-state index contributed by atoms with van der Waals surface area (Å²) in [5, 5.41) is 0. The second-order valence-corrected chi connectivity index (χ2v) is 6.02. The predicted octanol–water partition coefficient (Wildman–Crippen LogP) is 2.87. The lowest BCUT2D eigenvalue weighted by atomic mass is 10.2. The van der Waals surface area contributed by atoms with Crippen molar-refractivity contribution in [3.05, 3.63) is 0 Å². The number of unbranched alkanes of at least 4 members (excludes halogenated alkanes) is 3. The summed E-state index contributed by atoms with van der Waals surface area (Å²) in [5.41, 5.74) is 0. The highest BCUT2D eigenvalue weighted by Gasteiger charge is 2.21. The summed E-state index contributed by atoms with van der Waals surface area (Å²) >= 11 is 0. The Bertz CT molecular complexity index is 206. The van der Waals surface area contributed by atoms with E-state index in [4.69, 9.17) is 9.05 Å². The number of rotatable bonds is 9. The number of quaternary nitrogens is 1.